The molecule has 10 nitrogen and oxygen atoms in total. The molecule has 10 heteroatoms. The normalized spacial score (nSPS) is 20.3. The Balaban J connectivity index is 1.25. The van der Waals surface area contributed by atoms with E-state index >= 15 is 0 Å². The van der Waals surface area contributed by atoms with E-state index in [9.17, 15) is 9.90 Å². The molecule has 0 amide bonds. The molecule has 3 N–H and O–H groups in total. The van der Waals surface area contributed by atoms with Crippen LogP contribution in [0.4, 0.5) is 17.2 Å². The van der Waals surface area contributed by atoms with Crippen molar-refractivity contribution in [2.24, 2.45) is 0 Å². The molecule has 220 valence electrons. The second kappa shape index (κ2) is 10.9. The lowest BCUT2D eigenvalue weighted by Crippen LogP contribution is -2.51. The molecule has 8 rings (SSSR count). The van der Waals surface area contributed by atoms with Gasteiger partial charge in [0.2, 0.25) is 0 Å². The minimum atomic E-state index is -0.371. The minimum absolute atomic E-state index is 0.0412. The van der Waals surface area contributed by atoms with Crippen molar-refractivity contribution < 1.29 is 14.0 Å². The molecular formula is C33H34N6O4. The third kappa shape index (κ3) is 5.06. The maximum absolute atomic E-state index is 12.4. The summed E-state index contributed by atoms with van der Waals surface area (Å²) < 4.78 is 11.2. The highest BCUT2D eigenvalue weighted by molar-refractivity contribution is 5.88. The first-order chi connectivity index (χ1) is 20.9. The third-order valence-electron chi connectivity index (χ3n) is 9.16. The number of hydrogen-bond donors (Lipinski definition) is 3. The summed E-state index contributed by atoms with van der Waals surface area (Å²) in [6, 6.07) is 16.8. The van der Waals surface area contributed by atoms with Crippen LogP contribution in [0.15, 0.2) is 74.5 Å². The van der Waals surface area contributed by atoms with Gasteiger partial charge >= 0.3 is 5.63 Å². The van der Waals surface area contributed by atoms with E-state index in [1.54, 1.807) is 19.2 Å². The number of aryl methyl sites for hydroxylation is 2. The zero-order valence-electron chi connectivity index (χ0n) is 24.3. The highest BCUT2D eigenvalue weighted by Gasteiger charge is 2.44. The number of hydrogen-bond acceptors (Lipinski definition) is 10. The van der Waals surface area contributed by atoms with Gasteiger partial charge in [-0.3, -0.25) is 0 Å². The standard InChI is InChI=1S/C33H34N6O4/c1-20-21(2)42-31(41)24-9-8-23(16-25(20)24)35-29-17-27(36-28(19-40)22-6-4-3-5-7-22)26(18-34-29)30-37-32(38-43-30)33-10-13-39(14-11-33)15-12-33/h3-9,16-18,28,40H,10-15,19H2,1-2H3,(H2,34,35,36)/t28-/m1/s1. The molecule has 1 atom stereocenters. The van der Waals surface area contributed by atoms with Gasteiger partial charge in [0.1, 0.15) is 11.6 Å². The van der Waals surface area contributed by atoms with Gasteiger partial charge in [-0.05, 0) is 87.5 Å². The van der Waals surface area contributed by atoms with E-state index in [1.165, 1.54) is 0 Å². The lowest BCUT2D eigenvalue weighted by atomic mass is 9.71. The molecule has 0 saturated carbocycles. The average molecular weight is 579 g/mol. The highest BCUT2D eigenvalue weighted by Crippen LogP contribution is 2.42. The summed E-state index contributed by atoms with van der Waals surface area (Å²) in [5, 5.41) is 23.0. The Bertz CT molecular complexity index is 1830. The van der Waals surface area contributed by atoms with Gasteiger partial charge in [0.25, 0.3) is 5.89 Å². The van der Waals surface area contributed by atoms with E-state index in [4.69, 9.17) is 18.9 Å². The molecular weight excluding hydrogens is 544 g/mol. The number of nitrogens with zero attached hydrogens (tertiary/aromatic N) is 4. The number of nitrogens with one attached hydrogen (secondary N) is 2. The minimum Gasteiger partial charge on any atom is -0.427 e. The second-order valence-corrected chi connectivity index (χ2v) is 11.7. The van der Waals surface area contributed by atoms with Gasteiger partial charge in [0, 0.05) is 23.4 Å². The van der Waals surface area contributed by atoms with Crippen molar-refractivity contribution in [1.82, 2.24) is 20.0 Å². The Morgan fingerprint density at radius 2 is 1.79 bits per heavy atom. The molecule has 0 spiro atoms. The van der Waals surface area contributed by atoms with Crippen LogP contribution in [0.1, 0.15) is 48.0 Å². The molecule has 0 radical (unpaired) electrons. The van der Waals surface area contributed by atoms with Gasteiger partial charge in [0.15, 0.2) is 5.82 Å². The van der Waals surface area contributed by atoms with Gasteiger partial charge in [0.05, 0.1) is 29.3 Å². The molecule has 3 fully saturated rings. The molecule has 3 aromatic heterocycles. The molecule has 3 aliphatic rings. The summed E-state index contributed by atoms with van der Waals surface area (Å²) in [6.45, 7) is 6.80. The quantitative estimate of drug-likeness (QED) is 0.218. The van der Waals surface area contributed by atoms with Crippen molar-refractivity contribution in [2.75, 3.05) is 36.9 Å². The van der Waals surface area contributed by atoms with Crippen LogP contribution in [0.25, 0.3) is 22.2 Å². The fourth-order valence-electron chi connectivity index (χ4n) is 6.35. The predicted molar refractivity (Wildman–Crippen MR) is 165 cm³/mol. The fourth-order valence-corrected chi connectivity index (χ4v) is 6.35. The van der Waals surface area contributed by atoms with Crippen molar-refractivity contribution >= 4 is 28.0 Å². The average Bonchev–Trinajstić information content (AvgIpc) is 3.55. The fraction of sp³-hybridized carbons (Fsp3) is 0.333. The van der Waals surface area contributed by atoms with E-state index in [1.807, 2.05) is 55.5 Å². The zero-order chi connectivity index (χ0) is 29.6. The molecule has 43 heavy (non-hydrogen) atoms. The van der Waals surface area contributed by atoms with E-state index in [-0.39, 0.29) is 23.7 Å². The van der Waals surface area contributed by atoms with Crippen LogP contribution in [-0.2, 0) is 5.41 Å². The summed E-state index contributed by atoms with van der Waals surface area (Å²) in [6.07, 6.45) is 4.82. The van der Waals surface area contributed by atoms with Gasteiger partial charge < -0.3 is 29.6 Å². The number of aromatic nitrogens is 3. The van der Waals surface area contributed by atoms with Gasteiger partial charge in [-0.15, -0.1) is 0 Å². The third-order valence-corrected chi connectivity index (χ3v) is 9.16. The molecule has 2 aromatic carbocycles. The first kappa shape index (κ1) is 27.3. The maximum atomic E-state index is 12.4. The number of anilines is 3. The molecule has 6 heterocycles. The van der Waals surface area contributed by atoms with E-state index in [2.05, 4.69) is 20.7 Å². The Hall–Kier alpha value is -4.54. The van der Waals surface area contributed by atoms with Gasteiger partial charge in [-0.25, -0.2) is 9.78 Å². The summed E-state index contributed by atoms with van der Waals surface area (Å²) in [4.78, 5) is 24.5. The lowest BCUT2D eigenvalue weighted by Gasteiger charge is -2.46. The van der Waals surface area contributed by atoms with E-state index < -0.39 is 0 Å². The zero-order valence-corrected chi connectivity index (χ0v) is 24.3. The number of aliphatic hydroxyl groups is 1. The summed E-state index contributed by atoms with van der Waals surface area (Å²) >= 11 is 0. The van der Waals surface area contributed by atoms with Crippen molar-refractivity contribution in [3.8, 4) is 11.5 Å². The SMILES string of the molecule is Cc1oc(=O)c2ccc(Nc3cc(N[C@H](CO)c4ccccc4)c(-c4nc(C56CCN(CC5)CC6)no4)cn3)cc2c1C. The molecule has 0 unspecified atom stereocenters. The first-order valence-electron chi connectivity index (χ1n) is 14.7. The number of rotatable bonds is 8. The maximum Gasteiger partial charge on any atom is 0.343 e. The summed E-state index contributed by atoms with van der Waals surface area (Å²) in [7, 11) is 0. The molecule has 3 aliphatic heterocycles. The van der Waals surface area contributed by atoms with Crippen LogP contribution < -0.4 is 16.3 Å². The van der Waals surface area contributed by atoms with Gasteiger partial charge in [-0.2, -0.15) is 4.98 Å². The van der Waals surface area contributed by atoms with Crippen molar-refractivity contribution in [2.45, 2.75) is 44.6 Å². The summed E-state index contributed by atoms with van der Waals surface area (Å²) in [5.74, 6) is 2.33. The smallest absolute Gasteiger partial charge is 0.343 e. The topological polar surface area (TPSA) is 130 Å². The van der Waals surface area contributed by atoms with Crippen molar-refractivity contribution in [3.63, 3.8) is 0 Å². The summed E-state index contributed by atoms with van der Waals surface area (Å²) in [5.41, 5.74) is 3.59. The van der Waals surface area contributed by atoms with Crippen molar-refractivity contribution in [3.05, 3.63) is 93.9 Å². The Kier molecular flexibility index (Phi) is 6.95. The number of pyridine rings is 1. The number of fused-ring (bicyclic) bond motifs is 4. The van der Waals surface area contributed by atoms with Crippen LogP contribution in [0.3, 0.4) is 0 Å². The first-order valence-corrected chi connectivity index (χ1v) is 14.7. The highest BCUT2D eigenvalue weighted by atomic mass is 16.5. The number of benzene rings is 2. The lowest BCUT2D eigenvalue weighted by molar-refractivity contribution is 0.0747. The predicted octanol–water partition coefficient (Wildman–Crippen LogP) is 5.48. The van der Waals surface area contributed by atoms with Crippen LogP contribution in [0.5, 0.6) is 0 Å². The molecule has 2 bridgehead atoms. The molecule has 5 aromatic rings. The van der Waals surface area contributed by atoms with E-state index in [0.29, 0.717) is 34.1 Å². The molecule has 0 aliphatic carbocycles. The van der Waals surface area contributed by atoms with Crippen molar-refractivity contribution in [1.29, 1.82) is 0 Å². The van der Waals surface area contributed by atoms with Crippen LogP contribution in [-0.4, -0.2) is 51.4 Å². The second-order valence-electron chi connectivity index (χ2n) is 11.7. The van der Waals surface area contributed by atoms with Gasteiger partial charge in [-0.1, -0.05) is 35.5 Å². The van der Waals surface area contributed by atoms with Crippen LogP contribution >= 0.6 is 0 Å². The largest absolute Gasteiger partial charge is 0.427 e. The molecule has 3 saturated heterocycles. The Labute approximate surface area is 248 Å². The Morgan fingerprint density at radius 1 is 1.02 bits per heavy atom. The monoisotopic (exact) mass is 578 g/mol. The number of piperidine rings is 3. The van der Waals surface area contributed by atoms with E-state index in [0.717, 1.165) is 66.9 Å². The number of aliphatic hydroxyl groups excluding tert-OH is 1. The van der Waals surface area contributed by atoms with Crippen LogP contribution in [0.2, 0.25) is 0 Å². The van der Waals surface area contributed by atoms with Crippen LogP contribution in [0, 0.1) is 13.8 Å². The Morgan fingerprint density at radius 3 is 2.53 bits per heavy atom.